The van der Waals surface area contributed by atoms with E-state index in [1.54, 1.807) is 51.7 Å². The normalized spacial score (nSPS) is 10.1. The summed E-state index contributed by atoms with van der Waals surface area (Å²) in [5, 5.41) is 3.73. The van der Waals surface area contributed by atoms with Gasteiger partial charge in [0.25, 0.3) is 0 Å². The van der Waals surface area contributed by atoms with Crippen LogP contribution in [0, 0.1) is 0 Å². The van der Waals surface area contributed by atoms with Crippen molar-refractivity contribution in [2.45, 2.75) is 0 Å². The predicted molar refractivity (Wildman–Crippen MR) is 85.2 cm³/mol. The molecule has 0 bridgehead atoms. The Morgan fingerprint density at radius 2 is 1.57 bits per heavy atom. The molecule has 0 unspecified atom stereocenters. The molecule has 5 nitrogen and oxygen atoms in total. The summed E-state index contributed by atoms with van der Waals surface area (Å²) < 4.78 is 15.7. The summed E-state index contributed by atoms with van der Waals surface area (Å²) in [6, 6.07) is 8.77. The van der Waals surface area contributed by atoms with Gasteiger partial charge in [0.05, 0.1) is 43.4 Å². The highest BCUT2D eigenvalue weighted by Crippen LogP contribution is 2.38. The minimum absolute atomic E-state index is 0.520. The first-order valence-electron chi connectivity index (χ1n) is 6.21. The third-order valence-electron chi connectivity index (χ3n) is 3.00. The molecule has 21 heavy (non-hydrogen) atoms. The van der Waals surface area contributed by atoms with Crippen molar-refractivity contribution in [3.8, 4) is 17.2 Å². The number of nitrogen functional groups attached to an aromatic ring is 1. The maximum Gasteiger partial charge on any atom is 0.162 e. The number of anilines is 3. The smallest absolute Gasteiger partial charge is 0.162 e. The van der Waals surface area contributed by atoms with Crippen LogP contribution >= 0.6 is 11.6 Å². The zero-order valence-electron chi connectivity index (χ0n) is 12.1. The number of ether oxygens (including phenoxy) is 3. The van der Waals surface area contributed by atoms with Gasteiger partial charge >= 0.3 is 0 Å². The van der Waals surface area contributed by atoms with Crippen LogP contribution in [0.25, 0.3) is 0 Å². The number of hydrogen-bond acceptors (Lipinski definition) is 5. The van der Waals surface area contributed by atoms with E-state index in [1.807, 2.05) is 0 Å². The van der Waals surface area contributed by atoms with Crippen LogP contribution in [0.2, 0.25) is 5.02 Å². The number of nitrogens with two attached hydrogens (primary N) is 1. The maximum absolute atomic E-state index is 6.17. The fourth-order valence-electron chi connectivity index (χ4n) is 1.88. The Kier molecular flexibility index (Phi) is 4.65. The molecular formula is C15H17ClN2O3. The summed E-state index contributed by atoms with van der Waals surface area (Å²) in [5.41, 5.74) is 7.90. The maximum atomic E-state index is 6.17. The van der Waals surface area contributed by atoms with Crippen LogP contribution in [0.5, 0.6) is 17.2 Å². The molecule has 0 spiro atoms. The quantitative estimate of drug-likeness (QED) is 0.825. The highest BCUT2D eigenvalue weighted by atomic mass is 35.5. The van der Waals surface area contributed by atoms with Crippen LogP contribution in [-0.4, -0.2) is 21.3 Å². The van der Waals surface area contributed by atoms with Crippen LogP contribution in [0.3, 0.4) is 0 Å². The second kappa shape index (κ2) is 6.45. The lowest BCUT2D eigenvalue weighted by Gasteiger charge is -2.15. The summed E-state index contributed by atoms with van der Waals surface area (Å²) >= 11 is 6.17. The molecule has 2 aromatic rings. The number of methoxy groups -OCH3 is 3. The van der Waals surface area contributed by atoms with Gasteiger partial charge in [-0.25, -0.2) is 0 Å². The summed E-state index contributed by atoms with van der Waals surface area (Å²) in [6.07, 6.45) is 0. The first-order valence-corrected chi connectivity index (χ1v) is 6.59. The zero-order valence-corrected chi connectivity index (χ0v) is 12.8. The third-order valence-corrected chi connectivity index (χ3v) is 3.33. The van der Waals surface area contributed by atoms with Crippen LogP contribution in [0.1, 0.15) is 0 Å². The van der Waals surface area contributed by atoms with Gasteiger partial charge in [0.1, 0.15) is 5.75 Å². The van der Waals surface area contributed by atoms with E-state index in [-0.39, 0.29) is 0 Å². The molecular weight excluding hydrogens is 292 g/mol. The van der Waals surface area contributed by atoms with Crippen molar-refractivity contribution in [2.24, 2.45) is 0 Å². The molecule has 2 aromatic carbocycles. The summed E-state index contributed by atoms with van der Waals surface area (Å²) in [6.45, 7) is 0. The van der Waals surface area contributed by atoms with E-state index < -0.39 is 0 Å². The molecule has 0 heterocycles. The molecule has 0 saturated heterocycles. The van der Waals surface area contributed by atoms with Crippen LogP contribution in [0.4, 0.5) is 17.1 Å². The highest BCUT2D eigenvalue weighted by Gasteiger charge is 2.11. The van der Waals surface area contributed by atoms with Crippen molar-refractivity contribution in [2.75, 3.05) is 32.4 Å². The highest BCUT2D eigenvalue weighted by molar-refractivity contribution is 6.33. The fraction of sp³-hybridized carbons (Fsp3) is 0.200. The Labute approximate surface area is 128 Å². The minimum Gasteiger partial charge on any atom is -0.497 e. The van der Waals surface area contributed by atoms with Crippen molar-refractivity contribution in [3.05, 3.63) is 35.4 Å². The molecule has 6 heteroatoms. The molecule has 0 radical (unpaired) electrons. The van der Waals surface area contributed by atoms with E-state index in [9.17, 15) is 0 Å². The molecule has 2 rings (SSSR count). The van der Waals surface area contributed by atoms with E-state index in [0.717, 1.165) is 0 Å². The van der Waals surface area contributed by atoms with Crippen LogP contribution in [-0.2, 0) is 0 Å². The Hall–Kier alpha value is -2.27. The topological polar surface area (TPSA) is 65.7 Å². The number of nitrogens with one attached hydrogen (secondary N) is 1. The van der Waals surface area contributed by atoms with Crippen molar-refractivity contribution in [1.82, 2.24) is 0 Å². The molecule has 0 fully saturated rings. The molecule has 0 aliphatic heterocycles. The minimum atomic E-state index is 0.520. The van der Waals surface area contributed by atoms with Crippen LogP contribution < -0.4 is 25.3 Å². The van der Waals surface area contributed by atoms with Gasteiger partial charge in [-0.3, -0.25) is 0 Å². The van der Waals surface area contributed by atoms with E-state index in [0.29, 0.717) is 39.3 Å². The summed E-state index contributed by atoms with van der Waals surface area (Å²) in [7, 11) is 4.72. The lowest BCUT2D eigenvalue weighted by atomic mass is 10.2. The first-order chi connectivity index (χ1) is 10.1. The van der Waals surface area contributed by atoms with Crippen molar-refractivity contribution < 1.29 is 14.2 Å². The monoisotopic (exact) mass is 308 g/mol. The molecule has 112 valence electrons. The number of rotatable bonds is 5. The number of halogens is 1. The van der Waals surface area contributed by atoms with E-state index in [2.05, 4.69) is 5.32 Å². The SMILES string of the molecule is COc1ccc(Cl)c(Nc2cc(OC)c(OC)cc2N)c1. The average Bonchev–Trinajstić information content (AvgIpc) is 2.50. The van der Waals surface area contributed by atoms with Crippen molar-refractivity contribution in [1.29, 1.82) is 0 Å². The molecule has 0 aliphatic carbocycles. The standard InChI is InChI=1S/C15H17ClN2O3/c1-19-9-4-5-10(16)12(6-9)18-13-8-15(21-3)14(20-2)7-11(13)17/h4-8,18H,17H2,1-3H3. The molecule has 0 saturated carbocycles. The lowest BCUT2D eigenvalue weighted by molar-refractivity contribution is 0.355. The average molecular weight is 309 g/mol. The van der Waals surface area contributed by atoms with Gasteiger partial charge in [0.15, 0.2) is 11.5 Å². The molecule has 0 aliphatic rings. The van der Waals surface area contributed by atoms with Gasteiger partial charge in [-0.05, 0) is 12.1 Å². The van der Waals surface area contributed by atoms with Gasteiger partial charge in [-0.15, -0.1) is 0 Å². The van der Waals surface area contributed by atoms with Crippen molar-refractivity contribution in [3.63, 3.8) is 0 Å². The molecule has 0 aromatic heterocycles. The second-order valence-corrected chi connectivity index (χ2v) is 4.67. The first kappa shape index (κ1) is 15.1. The Bertz CT molecular complexity index is 647. The zero-order chi connectivity index (χ0) is 15.4. The van der Waals surface area contributed by atoms with Crippen molar-refractivity contribution >= 4 is 28.7 Å². The predicted octanol–water partition coefficient (Wildman–Crippen LogP) is 3.69. The Morgan fingerprint density at radius 1 is 0.905 bits per heavy atom. The molecule has 3 N–H and O–H groups in total. The van der Waals surface area contributed by atoms with E-state index >= 15 is 0 Å². The van der Waals surface area contributed by atoms with Gasteiger partial charge in [0.2, 0.25) is 0 Å². The van der Waals surface area contributed by atoms with Gasteiger partial charge in [-0.1, -0.05) is 11.6 Å². The largest absolute Gasteiger partial charge is 0.497 e. The Morgan fingerprint density at radius 3 is 2.19 bits per heavy atom. The van der Waals surface area contributed by atoms with Crippen LogP contribution in [0.15, 0.2) is 30.3 Å². The van der Waals surface area contributed by atoms with Gasteiger partial charge < -0.3 is 25.3 Å². The van der Waals surface area contributed by atoms with Gasteiger partial charge in [0, 0.05) is 18.2 Å². The third kappa shape index (κ3) is 3.25. The molecule has 0 atom stereocenters. The number of hydrogen-bond donors (Lipinski definition) is 2. The Balaban J connectivity index is 2.39. The van der Waals surface area contributed by atoms with Gasteiger partial charge in [-0.2, -0.15) is 0 Å². The van der Waals surface area contributed by atoms with E-state index in [4.69, 9.17) is 31.5 Å². The lowest BCUT2D eigenvalue weighted by Crippen LogP contribution is -2.00. The van der Waals surface area contributed by atoms with E-state index in [1.165, 1.54) is 0 Å². The summed E-state index contributed by atoms with van der Waals surface area (Å²) in [5.74, 6) is 1.84. The second-order valence-electron chi connectivity index (χ2n) is 4.27. The summed E-state index contributed by atoms with van der Waals surface area (Å²) in [4.78, 5) is 0. The number of benzene rings is 2. The molecule has 0 amide bonds. The fourth-order valence-corrected chi connectivity index (χ4v) is 2.04.